The molecule has 3 rings (SSSR count). The summed E-state index contributed by atoms with van der Waals surface area (Å²) in [6.45, 7) is 2.29. The average molecular weight is 431 g/mol. The quantitative estimate of drug-likeness (QED) is 0.229. The molecule has 0 amide bonds. The number of aryl methyl sites for hydroxylation is 1. The van der Waals surface area contributed by atoms with Gasteiger partial charge in [0.15, 0.2) is 11.6 Å². The molecule has 1 aromatic carbocycles. The number of allylic oxidation sites excluding steroid dienone is 2. The van der Waals surface area contributed by atoms with Gasteiger partial charge in [0, 0.05) is 0 Å². The first-order chi connectivity index (χ1) is 15.1. The predicted molar refractivity (Wildman–Crippen MR) is 128 cm³/mol. The van der Waals surface area contributed by atoms with Crippen molar-refractivity contribution in [2.24, 2.45) is 17.8 Å². The number of halogens is 2. The van der Waals surface area contributed by atoms with Crippen molar-refractivity contribution in [2.45, 2.75) is 116 Å². The first-order valence-electron chi connectivity index (χ1n) is 13.3. The van der Waals surface area contributed by atoms with Crippen molar-refractivity contribution in [2.75, 3.05) is 0 Å². The molecule has 2 aliphatic rings. The average Bonchev–Trinajstić information content (AvgIpc) is 2.80. The predicted octanol–water partition coefficient (Wildman–Crippen LogP) is 9.57. The van der Waals surface area contributed by atoms with Crippen LogP contribution in [0.5, 0.6) is 0 Å². The summed E-state index contributed by atoms with van der Waals surface area (Å²) in [5, 5.41) is 0. The smallest absolute Gasteiger partial charge is 0.159 e. The number of rotatable bonds is 12. The van der Waals surface area contributed by atoms with E-state index in [4.69, 9.17) is 0 Å². The van der Waals surface area contributed by atoms with Crippen LogP contribution in [0.25, 0.3) is 0 Å². The normalized spacial score (nSPS) is 24.2. The molecule has 0 saturated heterocycles. The first-order valence-corrected chi connectivity index (χ1v) is 13.3. The highest BCUT2D eigenvalue weighted by molar-refractivity contribution is 5.19. The molecule has 0 bridgehead atoms. The molecular formula is C29H44F2. The van der Waals surface area contributed by atoms with Gasteiger partial charge >= 0.3 is 0 Å². The van der Waals surface area contributed by atoms with E-state index in [2.05, 4.69) is 13.0 Å². The van der Waals surface area contributed by atoms with Crippen molar-refractivity contribution >= 4 is 0 Å². The third-order valence-corrected chi connectivity index (χ3v) is 8.00. The van der Waals surface area contributed by atoms with Crippen LogP contribution in [-0.2, 0) is 6.42 Å². The largest absolute Gasteiger partial charge is 0.204 e. The van der Waals surface area contributed by atoms with Gasteiger partial charge in [-0.15, -0.1) is 0 Å². The first kappa shape index (κ1) is 24.5. The van der Waals surface area contributed by atoms with Crippen LogP contribution in [0, 0.1) is 29.4 Å². The molecule has 0 nitrogen and oxygen atoms in total. The Morgan fingerprint density at radius 3 is 2.13 bits per heavy atom. The standard InChI is InChI=1S/C29H44F2/c1-2-3-4-5-6-7-23-8-10-24(11-9-23)12-13-25-14-16-26(17-15-25)18-19-27-20-21-28(30)29(31)22-27/h16,20-25H,2-15,17-19H2,1H3. The molecule has 0 aromatic heterocycles. The zero-order valence-electron chi connectivity index (χ0n) is 19.8. The minimum atomic E-state index is -0.751. The van der Waals surface area contributed by atoms with Gasteiger partial charge in [-0.1, -0.05) is 95.3 Å². The molecule has 0 spiro atoms. The highest BCUT2D eigenvalue weighted by Gasteiger charge is 2.22. The van der Waals surface area contributed by atoms with Crippen molar-refractivity contribution in [1.82, 2.24) is 0 Å². The Kier molecular flexibility index (Phi) is 10.6. The second kappa shape index (κ2) is 13.4. The Labute approximate surface area is 189 Å². The van der Waals surface area contributed by atoms with Crippen LogP contribution in [0.15, 0.2) is 29.8 Å². The summed E-state index contributed by atoms with van der Waals surface area (Å²) >= 11 is 0. The van der Waals surface area contributed by atoms with Gasteiger partial charge in [0.05, 0.1) is 0 Å². The zero-order chi connectivity index (χ0) is 21.9. The lowest BCUT2D eigenvalue weighted by atomic mass is 9.76. The lowest BCUT2D eigenvalue weighted by Crippen LogP contribution is -2.16. The lowest BCUT2D eigenvalue weighted by Gasteiger charge is -2.30. The summed E-state index contributed by atoms with van der Waals surface area (Å²) in [7, 11) is 0. The highest BCUT2D eigenvalue weighted by atomic mass is 19.2. The van der Waals surface area contributed by atoms with E-state index in [9.17, 15) is 8.78 Å². The minimum Gasteiger partial charge on any atom is -0.204 e. The molecule has 31 heavy (non-hydrogen) atoms. The van der Waals surface area contributed by atoms with E-state index in [1.165, 1.54) is 114 Å². The summed E-state index contributed by atoms with van der Waals surface area (Å²) in [5.74, 6) is 1.39. The summed E-state index contributed by atoms with van der Waals surface area (Å²) in [6, 6.07) is 4.31. The summed E-state index contributed by atoms with van der Waals surface area (Å²) in [6.07, 6.45) is 25.3. The molecule has 1 unspecified atom stereocenters. The SMILES string of the molecule is CCCCCCCC1CCC(CCC2CC=C(CCc3ccc(F)c(F)c3)CC2)CC1. The van der Waals surface area contributed by atoms with E-state index in [1.54, 1.807) is 6.07 Å². The molecule has 0 radical (unpaired) electrons. The van der Waals surface area contributed by atoms with Crippen LogP contribution in [0.4, 0.5) is 8.78 Å². The maximum absolute atomic E-state index is 13.4. The van der Waals surface area contributed by atoms with E-state index >= 15 is 0 Å². The molecule has 1 fully saturated rings. The molecule has 0 aliphatic heterocycles. The van der Waals surface area contributed by atoms with Crippen LogP contribution in [0.3, 0.4) is 0 Å². The number of benzene rings is 1. The lowest BCUT2D eigenvalue weighted by molar-refractivity contribution is 0.234. The van der Waals surface area contributed by atoms with Crippen LogP contribution >= 0.6 is 0 Å². The van der Waals surface area contributed by atoms with Crippen molar-refractivity contribution in [3.63, 3.8) is 0 Å². The Morgan fingerprint density at radius 2 is 1.45 bits per heavy atom. The fraction of sp³-hybridized carbons (Fsp3) is 0.724. The van der Waals surface area contributed by atoms with E-state index in [1.807, 2.05) is 0 Å². The molecule has 0 heterocycles. The summed E-state index contributed by atoms with van der Waals surface area (Å²) < 4.78 is 26.4. The van der Waals surface area contributed by atoms with E-state index in [0.29, 0.717) is 0 Å². The van der Waals surface area contributed by atoms with Crippen LogP contribution in [0.2, 0.25) is 0 Å². The van der Waals surface area contributed by atoms with Crippen LogP contribution in [0.1, 0.15) is 115 Å². The molecule has 1 aromatic rings. The Hall–Kier alpha value is -1.18. The molecule has 174 valence electrons. The molecule has 2 aliphatic carbocycles. The molecule has 1 atom stereocenters. The Bertz CT molecular complexity index is 669. The maximum atomic E-state index is 13.4. The molecule has 1 saturated carbocycles. The van der Waals surface area contributed by atoms with Gasteiger partial charge in [-0.05, 0) is 74.0 Å². The number of unbranched alkanes of at least 4 members (excludes halogenated alkanes) is 4. The molecule has 2 heteroatoms. The van der Waals surface area contributed by atoms with Gasteiger partial charge in [0.25, 0.3) is 0 Å². The fourth-order valence-corrected chi connectivity index (χ4v) is 5.75. The fourth-order valence-electron chi connectivity index (χ4n) is 5.75. The third kappa shape index (κ3) is 8.70. The van der Waals surface area contributed by atoms with Crippen LogP contribution in [-0.4, -0.2) is 0 Å². The van der Waals surface area contributed by atoms with E-state index in [-0.39, 0.29) is 0 Å². The van der Waals surface area contributed by atoms with Crippen molar-refractivity contribution in [3.05, 3.63) is 47.0 Å². The van der Waals surface area contributed by atoms with Gasteiger partial charge in [-0.2, -0.15) is 0 Å². The Balaban J connectivity index is 1.26. The number of hydrogen-bond acceptors (Lipinski definition) is 0. The van der Waals surface area contributed by atoms with Gasteiger partial charge in [-0.3, -0.25) is 0 Å². The zero-order valence-corrected chi connectivity index (χ0v) is 19.8. The van der Waals surface area contributed by atoms with Crippen molar-refractivity contribution < 1.29 is 8.78 Å². The van der Waals surface area contributed by atoms with E-state index < -0.39 is 11.6 Å². The van der Waals surface area contributed by atoms with Gasteiger partial charge in [0.1, 0.15) is 0 Å². The summed E-state index contributed by atoms with van der Waals surface area (Å²) in [4.78, 5) is 0. The number of hydrogen-bond donors (Lipinski definition) is 0. The monoisotopic (exact) mass is 430 g/mol. The van der Waals surface area contributed by atoms with E-state index in [0.717, 1.165) is 36.2 Å². The molecule has 0 N–H and O–H groups in total. The minimum absolute atomic E-state index is 0.726. The van der Waals surface area contributed by atoms with Gasteiger partial charge in [0.2, 0.25) is 0 Å². The third-order valence-electron chi connectivity index (χ3n) is 8.00. The van der Waals surface area contributed by atoms with Crippen molar-refractivity contribution in [1.29, 1.82) is 0 Å². The van der Waals surface area contributed by atoms with Gasteiger partial charge < -0.3 is 0 Å². The maximum Gasteiger partial charge on any atom is 0.159 e. The second-order valence-electron chi connectivity index (χ2n) is 10.4. The summed E-state index contributed by atoms with van der Waals surface area (Å²) in [5.41, 5.74) is 2.42. The molecular weight excluding hydrogens is 386 g/mol. The Morgan fingerprint density at radius 1 is 0.742 bits per heavy atom. The highest BCUT2D eigenvalue weighted by Crippen LogP contribution is 2.37. The second-order valence-corrected chi connectivity index (χ2v) is 10.4. The topological polar surface area (TPSA) is 0 Å². The van der Waals surface area contributed by atoms with Crippen LogP contribution < -0.4 is 0 Å². The van der Waals surface area contributed by atoms with Crippen molar-refractivity contribution in [3.8, 4) is 0 Å². The van der Waals surface area contributed by atoms with Gasteiger partial charge in [-0.25, -0.2) is 8.78 Å².